The number of halogens is 1. The van der Waals surface area contributed by atoms with Crippen molar-refractivity contribution >= 4 is 27.3 Å². The number of hydrogen-bond acceptors (Lipinski definition) is 3. The van der Waals surface area contributed by atoms with Gasteiger partial charge in [0.05, 0.1) is 10.7 Å². The van der Waals surface area contributed by atoms with E-state index in [4.69, 9.17) is 0 Å². The molecule has 1 heterocycles. The summed E-state index contributed by atoms with van der Waals surface area (Å²) in [6, 6.07) is 6.45. The van der Waals surface area contributed by atoms with Crippen LogP contribution in [-0.2, 0) is 13.1 Å². The summed E-state index contributed by atoms with van der Waals surface area (Å²) in [4.78, 5) is 4.42. The number of rotatable bonds is 4. The van der Waals surface area contributed by atoms with E-state index in [1.807, 2.05) is 6.92 Å². The van der Waals surface area contributed by atoms with Gasteiger partial charge in [-0.1, -0.05) is 28.1 Å². The summed E-state index contributed by atoms with van der Waals surface area (Å²) in [5, 5.41) is 6.63. The van der Waals surface area contributed by atoms with Gasteiger partial charge >= 0.3 is 0 Å². The van der Waals surface area contributed by atoms with Gasteiger partial charge in [0.1, 0.15) is 0 Å². The summed E-state index contributed by atoms with van der Waals surface area (Å²) < 4.78 is 1.17. The Labute approximate surface area is 114 Å². The number of thiazole rings is 1. The van der Waals surface area contributed by atoms with E-state index in [-0.39, 0.29) is 0 Å². The molecule has 1 N–H and O–H groups in total. The SMILES string of the molecule is Cc1nc(CNCc2ccc(C)c(Br)c2)cs1. The maximum Gasteiger partial charge on any atom is 0.0897 e. The molecule has 0 aliphatic heterocycles. The smallest absolute Gasteiger partial charge is 0.0897 e. The Bertz CT molecular complexity index is 508. The normalized spacial score (nSPS) is 10.8. The van der Waals surface area contributed by atoms with E-state index in [0.29, 0.717) is 0 Å². The van der Waals surface area contributed by atoms with Gasteiger partial charge in [0, 0.05) is 22.9 Å². The second-order valence-electron chi connectivity index (χ2n) is 4.04. The molecule has 4 heteroatoms. The molecule has 0 aliphatic carbocycles. The lowest BCUT2D eigenvalue weighted by atomic mass is 10.1. The fraction of sp³-hybridized carbons (Fsp3) is 0.308. The van der Waals surface area contributed by atoms with Gasteiger partial charge in [0.15, 0.2) is 0 Å². The summed E-state index contributed by atoms with van der Waals surface area (Å²) in [5.41, 5.74) is 3.68. The highest BCUT2D eigenvalue weighted by Gasteiger charge is 2.00. The van der Waals surface area contributed by atoms with Crippen molar-refractivity contribution in [3.8, 4) is 0 Å². The molecular weight excluding hydrogens is 296 g/mol. The van der Waals surface area contributed by atoms with Crippen molar-refractivity contribution in [1.82, 2.24) is 10.3 Å². The lowest BCUT2D eigenvalue weighted by Crippen LogP contribution is -2.12. The van der Waals surface area contributed by atoms with Crippen molar-refractivity contribution in [1.29, 1.82) is 0 Å². The number of nitrogens with zero attached hydrogens (tertiary/aromatic N) is 1. The van der Waals surface area contributed by atoms with Gasteiger partial charge in [-0.05, 0) is 31.0 Å². The topological polar surface area (TPSA) is 24.9 Å². The highest BCUT2D eigenvalue weighted by molar-refractivity contribution is 9.10. The molecule has 0 saturated carbocycles. The zero-order chi connectivity index (χ0) is 12.3. The lowest BCUT2D eigenvalue weighted by molar-refractivity contribution is 0.681. The Morgan fingerprint density at radius 3 is 2.76 bits per heavy atom. The minimum atomic E-state index is 0.829. The maximum atomic E-state index is 4.42. The number of benzene rings is 1. The molecule has 0 radical (unpaired) electrons. The van der Waals surface area contributed by atoms with Gasteiger partial charge in [0.25, 0.3) is 0 Å². The van der Waals surface area contributed by atoms with E-state index >= 15 is 0 Å². The predicted molar refractivity (Wildman–Crippen MR) is 76.3 cm³/mol. The highest BCUT2D eigenvalue weighted by atomic mass is 79.9. The number of hydrogen-bond donors (Lipinski definition) is 1. The molecule has 90 valence electrons. The van der Waals surface area contributed by atoms with Crippen molar-refractivity contribution in [3.63, 3.8) is 0 Å². The molecule has 2 aromatic rings. The van der Waals surface area contributed by atoms with Crippen LogP contribution in [0.5, 0.6) is 0 Å². The quantitative estimate of drug-likeness (QED) is 0.928. The zero-order valence-electron chi connectivity index (χ0n) is 9.96. The molecule has 2 nitrogen and oxygen atoms in total. The molecule has 1 aromatic carbocycles. The van der Waals surface area contributed by atoms with Crippen molar-refractivity contribution in [2.45, 2.75) is 26.9 Å². The second-order valence-corrected chi connectivity index (χ2v) is 5.96. The summed E-state index contributed by atoms with van der Waals surface area (Å²) in [7, 11) is 0. The highest BCUT2D eigenvalue weighted by Crippen LogP contribution is 2.17. The lowest BCUT2D eigenvalue weighted by Gasteiger charge is -2.05. The Balaban J connectivity index is 1.87. The van der Waals surface area contributed by atoms with Crippen LogP contribution in [-0.4, -0.2) is 4.98 Å². The van der Waals surface area contributed by atoms with Crippen molar-refractivity contribution in [2.24, 2.45) is 0 Å². The summed E-state index contributed by atoms with van der Waals surface area (Å²) in [6.45, 7) is 5.83. The average molecular weight is 311 g/mol. The Hall–Kier alpha value is -0.710. The van der Waals surface area contributed by atoms with Gasteiger partial charge < -0.3 is 5.32 Å². The first kappa shape index (κ1) is 12.7. The molecule has 1 aromatic heterocycles. The van der Waals surface area contributed by atoms with Crippen molar-refractivity contribution in [3.05, 3.63) is 49.9 Å². The first-order valence-electron chi connectivity index (χ1n) is 5.52. The van der Waals surface area contributed by atoms with Gasteiger partial charge in [-0.25, -0.2) is 4.98 Å². The molecule has 0 spiro atoms. The van der Waals surface area contributed by atoms with Crippen LogP contribution in [0.15, 0.2) is 28.1 Å². The molecule has 17 heavy (non-hydrogen) atoms. The molecule has 0 amide bonds. The largest absolute Gasteiger partial charge is 0.307 e. The number of nitrogens with one attached hydrogen (secondary N) is 1. The van der Waals surface area contributed by atoms with E-state index < -0.39 is 0 Å². The van der Waals surface area contributed by atoms with Crippen molar-refractivity contribution in [2.75, 3.05) is 0 Å². The molecule has 2 rings (SSSR count). The van der Waals surface area contributed by atoms with Crippen molar-refractivity contribution < 1.29 is 0 Å². The molecule has 0 saturated heterocycles. The second kappa shape index (κ2) is 5.76. The first-order chi connectivity index (χ1) is 8.15. The number of aromatic nitrogens is 1. The van der Waals surface area contributed by atoms with Crippen LogP contribution in [0.2, 0.25) is 0 Å². The molecule has 0 unspecified atom stereocenters. The standard InChI is InChI=1S/C13H15BrN2S/c1-9-3-4-11(5-13(9)14)6-15-7-12-8-17-10(2)16-12/h3-5,8,15H,6-7H2,1-2H3. The van der Waals surface area contributed by atoms with Gasteiger partial charge in [0.2, 0.25) is 0 Å². The molecule has 0 bridgehead atoms. The Morgan fingerprint density at radius 2 is 2.12 bits per heavy atom. The third-order valence-corrected chi connectivity index (χ3v) is 4.21. The fourth-order valence-corrected chi connectivity index (χ4v) is 2.61. The van der Waals surface area contributed by atoms with Crippen LogP contribution in [0.3, 0.4) is 0 Å². The Kier molecular flexibility index (Phi) is 4.31. The van der Waals surface area contributed by atoms with Crippen LogP contribution in [0.4, 0.5) is 0 Å². The van der Waals surface area contributed by atoms with Gasteiger partial charge in [-0.3, -0.25) is 0 Å². The van der Waals surface area contributed by atoms with E-state index in [0.717, 1.165) is 23.8 Å². The van der Waals surface area contributed by atoms with Crippen LogP contribution >= 0.6 is 27.3 Å². The van der Waals surface area contributed by atoms with E-state index in [1.165, 1.54) is 15.6 Å². The molecule has 0 fully saturated rings. The van der Waals surface area contributed by atoms with Crippen LogP contribution in [0.1, 0.15) is 21.8 Å². The van der Waals surface area contributed by atoms with E-state index in [9.17, 15) is 0 Å². The summed E-state index contributed by atoms with van der Waals surface area (Å²) in [6.07, 6.45) is 0. The van der Waals surface area contributed by atoms with E-state index in [2.05, 4.69) is 56.7 Å². The average Bonchev–Trinajstić information content (AvgIpc) is 2.70. The number of aryl methyl sites for hydroxylation is 2. The summed E-state index contributed by atoms with van der Waals surface area (Å²) in [5.74, 6) is 0. The molecular formula is C13H15BrN2S. The molecule has 0 atom stereocenters. The van der Waals surface area contributed by atoms with Gasteiger partial charge in [-0.2, -0.15) is 0 Å². The summed E-state index contributed by atoms with van der Waals surface area (Å²) >= 11 is 5.24. The van der Waals surface area contributed by atoms with Crippen LogP contribution in [0, 0.1) is 13.8 Å². The maximum absolute atomic E-state index is 4.42. The monoisotopic (exact) mass is 310 g/mol. The fourth-order valence-electron chi connectivity index (χ4n) is 1.57. The Morgan fingerprint density at radius 1 is 1.29 bits per heavy atom. The molecule has 0 aliphatic rings. The van der Waals surface area contributed by atoms with Crippen LogP contribution < -0.4 is 5.32 Å². The first-order valence-corrected chi connectivity index (χ1v) is 7.19. The minimum Gasteiger partial charge on any atom is -0.307 e. The van der Waals surface area contributed by atoms with E-state index in [1.54, 1.807) is 11.3 Å². The van der Waals surface area contributed by atoms with Crippen LogP contribution in [0.25, 0.3) is 0 Å². The third kappa shape index (κ3) is 3.63. The minimum absolute atomic E-state index is 0.829. The zero-order valence-corrected chi connectivity index (χ0v) is 12.4. The predicted octanol–water partition coefficient (Wildman–Crippen LogP) is 3.81. The third-order valence-electron chi connectivity index (χ3n) is 2.54. The van der Waals surface area contributed by atoms with Gasteiger partial charge in [-0.15, -0.1) is 11.3 Å².